The van der Waals surface area contributed by atoms with E-state index in [1.807, 2.05) is 6.07 Å². The molecule has 0 heterocycles. The third-order valence-electron chi connectivity index (χ3n) is 0.858. The van der Waals surface area contributed by atoms with Gasteiger partial charge in [0.1, 0.15) is 0 Å². The minimum atomic E-state index is -1.27. The number of nitriles is 1. The van der Waals surface area contributed by atoms with Crippen LogP contribution >= 0.6 is 0 Å². The van der Waals surface area contributed by atoms with E-state index in [9.17, 15) is 9.59 Å². The molecule has 0 aromatic rings. The molecule has 14 heavy (non-hydrogen) atoms. The smallest absolute Gasteiger partial charge is 0.331 e. The molecule has 0 atom stereocenters. The molecule has 5 heteroatoms. The van der Waals surface area contributed by atoms with Gasteiger partial charge in [-0.15, -0.1) is 0 Å². The molecule has 0 spiro atoms. The number of hydrogen-bond donors (Lipinski definition) is 2. The Kier molecular flexibility index (Phi) is 7.79. The van der Waals surface area contributed by atoms with E-state index in [2.05, 4.69) is 13.2 Å². The van der Waals surface area contributed by atoms with Crippen LogP contribution in [0.4, 0.5) is 0 Å². The fourth-order valence-electron chi connectivity index (χ4n) is 0.258. The van der Waals surface area contributed by atoms with E-state index >= 15 is 0 Å². The van der Waals surface area contributed by atoms with Gasteiger partial charge in [0.25, 0.3) is 0 Å². The summed E-state index contributed by atoms with van der Waals surface area (Å²) in [5.74, 6) is -2.44. The van der Waals surface area contributed by atoms with Gasteiger partial charge in [-0.3, -0.25) is 4.79 Å². The summed E-state index contributed by atoms with van der Waals surface area (Å²) in [6.07, 6.45) is -0.505. The molecular formula is C9H11NO4. The van der Waals surface area contributed by atoms with Crippen molar-refractivity contribution in [3.63, 3.8) is 0 Å². The van der Waals surface area contributed by atoms with Gasteiger partial charge in [-0.25, -0.2) is 4.79 Å². The lowest BCUT2D eigenvalue weighted by Crippen LogP contribution is -2.04. The summed E-state index contributed by atoms with van der Waals surface area (Å²) in [4.78, 5) is 19.7. The standard InChI is InChI=1S/C5H6O4.C4H5N/c1-3(5(8)9)2-4(6)7;1-4(2)3-5/h1-2H2,(H,6,7)(H,8,9);1H2,2H3. The van der Waals surface area contributed by atoms with Gasteiger partial charge in [0.15, 0.2) is 0 Å². The van der Waals surface area contributed by atoms with Crippen molar-refractivity contribution < 1.29 is 19.8 Å². The van der Waals surface area contributed by atoms with Gasteiger partial charge in [0.2, 0.25) is 0 Å². The van der Waals surface area contributed by atoms with Crippen LogP contribution in [0.25, 0.3) is 0 Å². The van der Waals surface area contributed by atoms with Crippen LogP contribution in [0.2, 0.25) is 0 Å². The molecule has 0 bridgehead atoms. The molecule has 0 rings (SSSR count). The number of aliphatic carboxylic acids is 2. The lowest BCUT2D eigenvalue weighted by Gasteiger charge is -1.91. The first-order chi connectivity index (χ1) is 6.31. The van der Waals surface area contributed by atoms with E-state index in [0.29, 0.717) is 5.57 Å². The second kappa shape index (κ2) is 7.55. The first-order valence-corrected chi connectivity index (χ1v) is 3.49. The van der Waals surface area contributed by atoms with E-state index in [4.69, 9.17) is 15.5 Å². The third kappa shape index (κ3) is 12.6. The van der Waals surface area contributed by atoms with Crippen LogP contribution in [-0.4, -0.2) is 22.2 Å². The summed E-state index contributed by atoms with van der Waals surface area (Å²) in [5, 5.41) is 23.9. The largest absolute Gasteiger partial charge is 0.481 e. The lowest BCUT2D eigenvalue weighted by atomic mass is 10.2. The lowest BCUT2D eigenvalue weighted by molar-refractivity contribution is -0.139. The molecule has 0 aliphatic carbocycles. The van der Waals surface area contributed by atoms with Crippen LogP contribution in [0.5, 0.6) is 0 Å². The molecule has 0 amide bonds. The predicted molar refractivity (Wildman–Crippen MR) is 49.5 cm³/mol. The zero-order valence-corrected chi connectivity index (χ0v) is 7.78. The summed E-state index contributed by atoms with van der Waals surface area (Å²) in [6, 6.07) is 1.83. The Morgan fingerprint density at radius 2 is 1.71 bits per heavy atom. The second-order valence-electron chi connectivity index (χ2n) is 2.37. The van der Waals surface area contributed by atoms with Crippen molar-refractivity contribution in [2.24, 2.45) is 0 Å². The molecule has 0 saturated heterocycles. The summed E-state index contributed by atoms with van der Waals surface area (Å²) < 4.78 is 0. The average molecular weight is 197 g/mol. The van der Waals surface area contributed by atoms with Gasteiger partial charge in [-0.1, -0.05) is 13.2 Å². The predicted octanol–water partition coefficient (Wildman–Crippen LogP) is 1.19. The maximum absolute atomic E-state index is 9.87. The van der Waals surface area contributed by atoms with Crippen molar-refractivity contribution in [3.05, 3.63) is 24.3 Å². The molecule has 5 nitrogen and oxygen atoms in total. The van der Waals surface area contributed by atoms with Crippen LogP contribution in [-0.2, 0) is 9.59 Å². The normalized spacial score (nSPS) is 7.43. The Balaban J connectivity index is 0. The summed E-state index contributed by atoms with van der Waals surface area (Å²) in [5.41, 5.74) is 0.257. The minimum Gasteiger partial charge on any atom is -0.481 e. The third-order valence-corrected chi connectivity index (χ3v) is 0.858. The van der Waals surface area contributed by atoms with E-state index in [-0.39, 0.29) is 5.57 Å². The number of rotatable bonds is 3. The number of allylic oxidation sites excluding steroid dienone is 1. The molecule has 0 aliphatic rings. The Labute approximate surface area is 81.6 Å². The highest BCUT2D eigenvalue weighted by Crippen LogP contribution is 1.95. The van der Waals surface area contributed by atoms with Gasteiger partial charge in [0.05, 0.1) is 12.5 Å². The molecule has 2 N–H and O–H groups in total. The molecule has 0 aliphatic heterocycles. The molecule has 0 fully saturated rings. The average Bonchev–Trinajstić information content (AvgIpc) is 2.04. The topological polar surface area (TPSA) is 98.4 Å². The quantitative estimate of drug-likeness (QED) is 0.523. The van der Waals surface area contributed by atoms with Crippen LogP contribution in [0.3, 0.4) is 0 Å². The van der Waals surface area contributed by atoms with Crippen molar-refractivity contribution in [2.45, 2.75) is 13.3 Å². The van der Waals surface area contributed by atoms with Crippen LogP contribution < -0.4 is 0 Å². The first-order valence-electron chi connectivity index (χ1n) is 3.49. The molecule has 0 aromatic carbocycles. The zero-order valence-electron chi connectivity index (χ0n) is 7.78. The highest BCUT2D eigenvalue weighted by Gasteiger charge is 2.07. The maximum Gasteiger partial charge on any atom is 0.331 e. The van der Waals surface area contributed by atoms with Crippen molar-refractivity contribution in [1.82, 2.24) is 0 Å². The van der Waals surface area contributed by atoms with Crippen molar-refractivity contribution in [3.8, 4) is 6.07 Å². The molecule has 0 radical (unpaired) electrons. The number of nitrogens with zero attached hydrogens (tertiary/aromatic N) is 1. The Morgan fingerprint density at radius 3 is 1.79 bits per heavy atom. The fourth-order valence-corrected chi connectivity index (χ4v) is 0.258. The number of hydrogen-bond acceptors (Lipinski definition) is 3. The molecule has 0 aromatic heterocycles. The molecule has 0 unspecified atom stereocenters. The summed E-state index contributed by atoms with van der Waals surface area (Å²) in [6.45, 7) is 7.99. The van der Waals surface area contributed by atoms with Gasteiger partial charge in [-0.05, 0) is 6.92 Å². The highest BCUT2D eigenvalue weighted by molar-refractivity contribution is 5.91. The van der Waals surface area contributed by atoms with E-state index in [1.165, 1.54) is 0 Å². The second-order valence-corrected chi connectivity index (χ2v) is 2.37. The van der Waals surface area contributed by atoms with Crippen LogP contribution in [0.15, 0.2) is 24.3 Å². The fraction of sp³-hybridized carbons (Fsp3) is 0.222. The van der Waals surface area contributed by atoms with E-state index in [1.54, 1.807) is 6.92 Å². The monoisotopic (exact) mass is 197 g/mol. The Morgan fingerprint density at radius 1 is 1.36 bits per heavy atom. The SMILES string of the molecule is C=C(C)C#N.C=C(CC(=O)O)C(=O)O. The Hall–Kier alpha value is -2.09. The molecule has 76 valence electrons. The van der Waals surface area contributed by atoms with Gasteiger partial charge in [0, 0.05) is 11.1 Å². The maximum atomic E-state index is 9.87. The Bertz CT molecular complexity index is 298. The van der Waals surface area contributed by atoms with E-state index < -0.39 is 18.4 Å². The number of carbonyl (C=O) groups is 2. The van der Waals surface area contributed by atoms with Crippen molar-refractivity contribution in [2.75, 3.05) is 0 Å². The van der Waals surface area contributed by atoms with Crippen LogP contribution in [0.1, 0.15) is 13.3 Å². The number of carboxylic acid groups (broad SMARTS) is 2. The van der Waals surface area contributed by atoms with Crippen LogP contribution in [0, 0.1) is 11.3 Å². The highest BCUT2D eigenvalue weighted by atomic mass is 16.4. The number of carboxylic acids is 2. The van der Waals surface area contributed by atoms with Gasteiger partial charge in [-0.2, -0.15) is 5.26 Å². The minimum absolute atomic E-state index is 0.303. The molecule has 0 saturated carbocycles. The molecular weight excluding hydrogens is 186 g/mol. The first kappa shape index (κ1) is 14.4. The zero-order chi connectivity index (χ0) is 11.7. The van der Waals surface area contributed by atoms with Gasteiger partial charge < -0.3 is 10.2 Å². The van der Waals surface area contributed by atoms with Gasteiger partial charge >= 0.3 is 11.9 Å². The summed E-state index contributed by atoms with van der Waals surface area (Å²) in [7, 11) is 0. The van der Waals surface area contributed by atoms with E-state index in [0.717, 1.165) is 0 Å². The van der Waals surface area contributed by atoms with Crippen molar-refractivity contribution >= 4 is 11.9 Å². The van der Waals surface area contributed by atoms with Crippen molar-refractivity contribution in [1.29, 1.82) is 5.26 Å². The summed E-state index contributed by atoms with van der Waals surface area (Å²) >= 11 is 0.